The van der Waals surface area contributed by atoms with Crippen molar-refractivity contribution in [3.63, 3.8) is 0 Å². The van der Waals surface area contributed by atoms with Crippen LogP contribution >= 0.6 is 0 Å². The van der Waals surface area contributed by atoms with E-state index in [1.807, 2.05) is 30.3 Å². The molecular formula is C15H19N3O2S. The minimum Gasteiger partial charge on any atom is -0.329 e. The van der Waals surface area contributed by atoms with E-state index in [1.54, 1.807) is 10.5 Å². The van der Waals surface area contributed by atoms with E-state index >= 15 is 0 Å². The summed E-state index contributed by atoms with van der Waals surface area (Å²) < 4.78 is 26.9. The van der Waals surface area contributed by atoms with Gasteiger partial charge < -0.3 is 5.73 Å². The molecule has 5 nitrogen and oxygen atoms in total. The fourth-order valence-corrected chi connectivity index (χ4v) is 4.82. The number of hydrogen-bond acceptors (Lipinski definition) is 4. The maximum absolute atomic E-state index is 12.7. The Morgan fingerprint density at radius 2 is 2.10 bits per heavy atom. The number of fused-ring (bicyclic) bond motifs is 1. The normalized spacial score (nSPS) is 20.1. The van der Waals surface area contributed by atoms with Gasteiger partial charge in [-0.15, -0.1) is 0 Å². The Morgan fingerprint density at radius 3 is 2.90 bits per heavy atom. The van der Waals surface area contributed by atoms with E-state index in [0.29, 0.717) is 13.1 Å². The highest BCUT2D eigenvalue weighted by Gasteiger charge is 2.33. The standard InChI is InChI=1S/C15H19N3O2S/c16-10-14-7-3-9-18(14)21(19,20)11-13-5-1-4-12-6-2-8-17-15(12)13/h1-2,4-6,8,14H,3,7,9-11,16H2. The molecule has 1 atom stereocenters. The van der Waals surface area contributed by atoms with Gasteiger partial charge in [-0.2, -0.15) is 4.31 Å². The monoisotopic (exact) mass is 305 g/mol. The number of rotatable bonds is 4. The lowest BCUT2D eigenvalue weighted by Crippen LogP contribution is -2.40. The first-order valence-electron chi connectivity index (χ1n) is 7.14. The lowest BCUT2D eigenvalue weighted by atomic mass is 10.1. The van der Waals surface area contributed by atoms with Crippen molar-refractivity contribution in [1.82, 2.24) is 9.29 Å². The Hall–Kier alpha value is -1.50. The SMILES string of the molecule is NCC1CCCN1S(=O)(=O)Cc1cccc2cccnc12. The van der Waals surface area contributed by atoms with E-state index in [2.05, 4.69) is 4.98 Å². The Bertz CT molecular complexity index is 740. The van der Waals surface area contributed by atoms with Crippen LogP contribution in [0.2, 0.25) is 0 Å². The number of nitrogens with zero attached hydrogens (tertiary/aromatic N) is 2. The highest BCUT2D eigenvalue weighted by atomic mass is 32.2. The van der Waals surface area contributed by atoms with Crippen molar-refractivity contribution in [2.45, 2.75) is 24.6 Å². The third kappa shape index (κ3) is 2.79. The fourth-order valence-electron chi connectivity index (χ4n) is 2.97. The number of para-hydroxylation sites is 1. The molecule has 1 unspecified atom stereocenters. The van der Waals surface area contributed by atoms with Gasteiger partial charge >= 0.3 is 0 Å². The molecule has 2 aromatic rings. The fraction of sp³-hybridized carbons (Fsp3) is 0.400. The zero-order valence-corrected chi connectivity index (χ0v) is 12.6. The highest BCUT2D eigenvalue weighted by Crippen LogP contribution is 2.25. The van der Waals surface area contributed by atoms with Crippen LogP contribution in [0.1, 0.15) is 18.4 Å². The zero-order chi connectivity index (χ0) is 14.9. The van der Waals surface area contributed by atoms with E-state index in [-0.39, 0.29) is 11.8 Å². The van der Waals surface area contributed by atoms with Gasteiger partial charge in [-0.25, -0.2) is 8.42 Å². The summed E-state index contributed by atoms with van der Waals surface area (Å²) in [5, 5.41) is 0.960. The molecule has 3 rings (SSSR count). The Kier molecular flexibility index (Phi) is 3.93. The van der Waals surface area contributed by atoms with Gasteiger partial charge in [0.05, 0.1) is 11.3 Å². The first-order valence-corrected chi connectivity index (χ1v) is 8.75. The molecule has 0 radical (unpaired) electrons. The summed E-state index contributed by atoms with van der Waals surface area (Å²) in [7, 11) is -3.35. The quantitative estimate of drug-likeness (QED) is 0.928. The van der Waals surface area contributed by atoms with E-state index < -0.39 is 10.0 Å². The number of hydrogen-bond donors (Lipinski definition) is 1. The van der Waals surface area contributed by atoms with Crippen LogP contribution < -0.4 is 5.73 Å². The molecule has 1 saturated heterocycles. The molecule has 1 aromatic heterocycles. The molecule has 2 heterocycles. The molecule has 0 amide bonds. The van der Waals surface area contributed by atoms with Crippen LogP contribution in [-0.4, -0.2) is 36.8 Å². The molecule has 0 spiro atoms. The number of sulfonamides is 1. The second-order valence-electron chi connectivity index (χ2n) is 5.39. The number of aromatic nitrogens is 1. The average Bonchev–Trinajstić information content (AvgIpc) is 2.97. The number of pyridine rings is 1. The molecule has 0 saturated carbocycles. The Labute approximate surface area is 124 Å². The van der Waals surface area contributed by atoms with Crippen molar-refractivity contribution < 1.29 is 8.42 Å². The molecule has 21 heavy (non-hydrogen) atoms. The van der Waals surface area contributed by atoms with Crippen LogP contribution in [-0.2, 0) is 15.8 Å². The average molecular weight is 305 g/mol. The maximum atomic E-state index is 12.7. The minimum atomic E-state index is -3.35. The van der Waals surface area contributed by atoms with Crippen molar-refractivity contribution >= 4 is 20.9 Å². The van der Waals surface area contributed by atoms with E-state index in [9.17, 15) is 8.42 Å². The van der Waals surface area contributed by atoms with Crippen LogP contribution in [0.15, 0.2) is 36.5 Å². The maximum Gasteiger partial charge on any atom is 0.218 e. The van der Waals surface area contributed by atoms with Gasteiger partial charge in [0.15, 0.2) is 0 Å². The second kappa shape index (κ2) is 5.71. The van der Waals surface area contributed by atoms with Gasteiger partial charge in [0.1, 0.15) is 0 Å². The smallest absolute Gasteiger partial charge is 0.218 e. The topological polar surface area (TPSA) is 76.3 Å². The predicted molar refractivity (Wildman–Crippen MR) is 83.1 cm³/mol. The van der Waals surface area contributed by atoms with Crippen LogP contribution in [0, 0.1) is 0 Å². The molecule has 112 valence electrons. The molecule has 6 heteroatoms. The van der Waals surface area contributed by atoms with Gasteiger partial charge in [-0.05, 0) is 24.5 Å². The highest BCUT2D eigenvalue weighted by molar-refractivity contribution is 7.88. The van der Waals surface area contributed by atoms with Gasteiger partial charge in [0.2, 0.25) is 10.0 Å². The van der Waals surface area contributed by atoms with Gasteiger partial charge in [-0.3, -0.25) is 4.98 Å². The second-order valence-corrected chi connectivity index (χ2v) is 7.31. The van der Waals surface area contributed by atoms with Crippen molar-refractivity contribution in [3.8, 4) is 0 Å². The molecule has 1 aliphatic heterocycles. The summed E-state index contributed by atoms with van der Waals surface area (Å²) in [5.74, 6) is -0.0160. The first-order chi connectivity index (χ1) is 10.1. The molecule has 1 aromatic carbocycles. The summed E-state index contributed by atoms with van der Waals surface area (Å²) >= 11 is 0. The minimum absolute atomic E-state index is 0.0160. The van der Waals surface area contributed by atoms with Gasteiger partial charge in [0, 0.05) is 30.7 Å². The predicted octanol–water partition coefficient (Wildman–Crippen LogP) is 1.49. The summed E-state index contributed by atoms with van der Waals surface area (Å²) in [4.78, 5) is 4.32. The van der Waals surface area contributed by atoms with Crippen molar-refractivity contribution in [1.29, 1.82) is 0 Å². The summed E-state index contributed by atoms with van der Waals surface area (Å²) in [5.41, 5.74) is 7.19. The number of nitrogens with two attached hydrogens (primary N) is 1. The third-order valence-corrected chi connectivity index (χ3v) is 5.88. The largest absolute Gasteiger partial charge is 0.329 e. The first kappa shape index (κ1) is 14.4. The molecule has 0 bridgehead atoms. The van der Waals surface area contributed by atoms with E-state index in [4.69, 9.17) is 5.73 Å². The molecular weight excluding hydrogens is 286 g/mol. The Balaban J connectivity index is 1.94. The van der Waals surface area contributed by atoms with Crippen LogP contribution in [0.3, 0.4) is 0 Å². The van der Waals surface area contributed by atoms with E-state index in [0.717, 1.165) is 29.3 Å². The molecule has 0 aliphatic carbocycles. The lowest BCUT2D eigenvalue weighted by molar-refractivity contribution is 0.392. The molecule has 1 aliphatic rings. The van der Waals surface area contributed by atoms with Crippen LogP contribution in [0.25, 0.3) is 10.9 Å². The van der Waals surface area contributed by atoms with Crippen LogP contribution in [0.4, 0.5) is 0 Å². The molecule has 2 N–H and O–H groups in total. The summed E-state index contributed by atoms with van der Waals surface area (Å²) in [6, 6.07) is 9.39. The van der Waals surface area contributed by atoms with Gasteiger partial charge in [-0.1, -0.05) is 24.3 Å². The van der Waals surface area contributed by atoms with Crippen molar-refractivity contribution in [2.24, 2.45) is 5.73 Å². The third-order valence-electron chi connectivity index (χ3n) is 4.01. The Morgan fingerprint density at radius 1 is 1.29 bits per heavy atom. The number of benzene rings is 1. The summed E-state index contributed by atoms with van der Waals surface area (Å²) in [6.07, 6.45) is 3.43. The summed E-state index contributed by atoms with van der Waals surface area (Å²) in [6.45, 7) is 0.954. The van der Waals surface area contributed by atoms with E-state index in [1.165, 1.54) is 0 Å². The zero-order valence-electron chi connectivity index (χ0n) is 11.8. The van der Waals surface area contributed by atoms with Crippen molar-refractivity contribution in [3.05, 3.63) is 42.1 Å². The molecule has 1 fully saturated rings. The van der Waals surface area contributed by atoms with Gasteiger partial charge in [0.25, 0.3) is 0 Å². The van der Waals surface area contributed by atoms with Crippen LogP contribution in [0.5, 0.6) is 0 Å². The lowest BCUT2D eigenvalue weighted by Gasteiger charge is -2.23. The van der Waals surface area contributed by atoms with Crippen molar-refractivity contribution in [2.75, 3.05) is 13.1 Å².